The zero-order valence-corrected chi connectivity index (χ0v) is 27.1. The van der Waals surface area contributed by atoms with Crippen LogP contribution in [0.3, 0.4) is 0 Å². The molecule has 236 valence electrons. The van der Waals surface area contributed by atoms with Gasteiger partial charge in [-0.2, -0.15) is 0 Å². The first-order valence-electron chi connectivity index (χ1n) is 14.8. The molecule has 10 heteroatoms. The molecule has 0 unspecified atom stereocenters. The summed E-state index contributed by atoms with van der Waals surface area (Å²) in [6, 6.07) is 11.6. The molecule has 9 nitrogen and oxygen atoms in total. The molecular weight excluding hydrogens is 556 g/mol. The van der Waals surface area contributed by atoms with Gasteiger partial charge in [-0.3, -0.25) is 4.79 Å². The highest BCUT2D eigenvalue weighted by Crippen LogP contribution is 2.36. The fraction of sp³-hybridized carbons (Fsp3) is 0.625. The van der Waals surface area contributed by atoms with E-state index >= 15 is 0 Å². The first-order valence-corrected chi connectivity index (χ1v) is 17.7. The number of carbonyl (C=O) groups excluding carboxylic acids is 2. The summed E-state index contributed by atoms with van der Waals surface area (Å²) in [5, 5.41) is 2.18. The Bertz CT molecular complexity index is 1050. The van der Waals surface area contributed by atoms with Crippen LogP contribution in [-0.2, 0) is 44.1 Å². The van der Waals surface area contributed by atoms with Crippen LogP contribution in [0.1, 0.15) is 32.8 Å². The van der Waals surface area contributed by atoms with Gasteiger partial charge in [0.25, 0.3) is 0 Å². The Morgan fingerprint density at radius 1 is 0.738 bits per heavy atom. The molecule has 0 saturated heterocycles. The molecule has 0 aromatic heterocycles. The number of carbonyl (C=O) groups is 2. The maximum atomic E-state index is 11.9. The summed E-state index contributed by atoms with van der Waals surface area (Å²) < 4.78 is 39.6. The number of ketones is 1. The van der Waals surface area contributed by atoms with Crippen LogP contribution in [0.4, 0.5) is 0 Å². The van der Waals surface area contributed by atoms with Gasteiger partial charge in [0, 0.05) is 6.42 Å². The fourth-order valence-corrected chi connectivity index (χ4v) is 4.75. The highest BCUT2D eigenvalue weighted by molar-refractivity contribution is 6.74. The van der Waals surface area contributed by atoms with E-state index in [2.05, 4.69) is 33.9 Å². The summed E-state index contributed by atoms with van der Waals surface area (Å²) in [6.07, 6.45) is 0.837. The monoisotopic (exact) mass is 606 g/mol. The van der Waals surface area contributed by atoms with Crippen LogP contribution in [0.15, 0.2) is 36.4 Å². The summed E-state index contributed by atoms with van der Waals surface area (Å²) in [5.74, 6) is 0.645. The van der Waals surface area contributed by atoms with Crippen molar-refractivity contribution in [2.24, 2.45) is 0 Å². The number of benzene rings is 2. The average Bonchev–Trinajstić information content (AvgIpc) is 2.93. The van der Waals surface area contributed by atoms with Crippen molar-refractivity contribution in [2.75, 3.05) is 79.3 Å². The lowest BCUT2D eigenvalue weighted by atomic mass is 9.99. The molecule has 0 radical (unpaired) electrons. The normalized spacial score (nSPS) is 12.1. The van der Waals surface area contributed by atoms with Gasteiger partial charge < -0.3 is 37.6 Å². The van der Waals surface area contributed by atoms with Crippen LogP contribution in [0.5, 0.6) is 5.75 Å². The quantitative estimate of drug-likeness (QED) is 0.0706. The van der Waals surface area contributed by atoms with Crippen molar-refractivity contribution >= 4 is 31.2 Å². The standard InChI is InChI=1S/C32H50O9Si/c1-32(2,3)42(4,5)41-24-22-39-20-18-37-16-14-35-13-15-36-17-19-38-21-23-40-30-9-10-31-27(25-29(34)11-12-33)7-6-8-28(31)26-30/h6-10,12,26H,11,13-25H2,1-5H3. The molecule has 0 N–H and O–H groups in total. The van der Waals surface area contributed by atoms with E-state index in [0.717, 1.165) is 22.1 Å². The SMILES string of the molecule is CC(C)(C)[Si](C)(C)OCCOCCOCCOCCOCCOCCOc1ccc2c(CC(=O)CC=O)cccc2c1. The van der Waals surface area contributed by atoms with Crippen LogP contribution in [0.2, 0.25) is 18.1 Å². The molecule has 0 fully saturated rings. The molecule has 0 atom stereocenters. The van der Waals surface area contributed by atoms with Crippen LogP contribution in [0.25, 0.3) is 10.8 Å². The largest absolute Gasteiger partial charge is 0.491 e. The molecule has 0 spiro atoms. The van der Waals surface area contributed by atoms with Crippen molar-refractivity contribution in [1.29, 1.82) is 0 Å². The number of aldehydes is 1. The van der Waals surface area contributed by atoms with Crippen LogP contribution in [-0.4, -0.2) is 99.7 Å². The molecule has 0 aliphatic rings. The summed E-state index contributed by atoms with van der Waals surface area (Å²) in [6.45, 7) is 17.3. The van der Waals surface area contributed by atoms with Gasteiger partial charge in [0.2, 0.25) is 0 Å². The van der Waals surface area contributed by atoms with Crippen molar-refractivity contribution < 1.29 is 42.4 Å². The highest BCUT2D eigenvalue weighted by Gasteiger charge is 2.36. The molecule has 2 rings (SSSR count). The lowest BCUT2D eigenvalue weighted by molar-refractivity contribution is -0.121. The van der Waals surface area contributed by atoms with E-state index in [1.165, 1.54) is 0 Å². The van der Waals surface area contributed by atoms with Gasteiger partial charge in [-0.1, -0.05) is 45.0 Å². The molecule has 42 heavy (non-hydrogen) atoms. The predicted octanol–water partition coefficient (Wildman–Crippen LogP) is 5.02. The third kappa shape index (κ3) is 14.3. The van der Waals surface area contributed by atoms with Gasteiger partial charge in [0.15, 0.2) is 8.32 Å². The lowest BCUT2D eigenvalue weighted by Crippen LogP contribution is -2.41. The molecule has 0 aliphatic carbocycles. The number of rotatable bonds is 24. The molecule has 2 aromatic carbocycles. The van der Waals surface area contributed by atoms with E-state index in [4.69, 9.17) is 32.8 Å². The van der Waals surface area contributed by atoms with Crippen LogP contribution >= 0.6 is 0 Å². The van der Waals surface area contributed by atoms with E-state index in [-0.39, 0.29) is 23.7 Å². The minimum Gasteiger partial charge on any atom is -0.491 e. The zero-order chi connectivity index (χ0) is 30.7. The maximum Gasteiger partial charge on any atom is 0.192 e. The van der Waals surface area contributed by atoms with Crippen LogP contribution in [0, 0.1) is 0 Å². The summed E-state index contributed by atoms with van der Waals surface area (Å²) in [4.78, 5) is 22.4. The number of ether oxygens (including phenoxy) is 6. The smallest absolute Gasteiger partial charge is 0.192 e. The third-order valence-corrected chi connectivity index (χ3v) is 11.7. The van der Waals surface area contributed by atoms with Gasteiger partial charge in [-0.25, -0.2) is 0 Å². The van der Waals surface area contributed by atoms with Crippen molar-refractivity contribution in [2.45, 2.75) is 51.7 Å². The first kappa shape index (κ1) is 36.0. The van der Waals surface area contributed by atoms with E-state index in [0.29, 0.717) is 85.6 Å². The van der Waals surface area contributed by atoms with Gasteiger partial charge in [-0.15, -0.1) is 0 Å². The number of hydrogen-bond acceptors (Lipinski definition) is 9. The Labute approximate surface area is 252 Å². The lowest BCUT2D eigenvalue weighted by Gasteiger charge is -2.36. The van der Waals surface area contributed by atoms with E-state index in [1.807, 2.05) is 36.4 Å². The average molecular weight is 607 g/mol. The second-order valence-electron chi connectivity index (χ2n) is 11.4. The Morgan fingerprint density at radius 2 is 1.26 bits per heavy atom. The van der Waals surface area contributed by atoms with Gasteiger partial charge in [0.05, 0.1) is 79.1 Å². The zero-order valence-electron chi connectivity index (χ0n) is 26.1. The Hall–Kier alpha value is -2.18. The molecular formula is C32H50O9Si. The molecule has 0 amide bonds. The number of Topliss-reactive ketones (excluding diaryl/α,β-unsaturated/α-hetero) is 1. The summed E-state index contributed by atoms with van der Waals surface area (Å²) in [5.41, 5.74) is 0.910. The fourth-order valence-electron chi connectivity index (χ4n) is 3.72. The molecule has 0 bridgehead atoms. The number of fused-ring (bicyclic) bond motifs is 1. The van der Waals surface area contributed by atoms with Crippen molar-refractivity contribution in [1.82, 2.24) is 0 Å². The van der Waals surface area contributed by atoms with Crippen molar-refractivity contribution in [3.63, 3.8) is 0 Å². The maximum absolute atomic E-state index is 11.9. The van der Waals surface area contributed by atoms with Gasteiger partial charge >= 0.3 is 0 Å². The number of hydrogen-bond donors (Lipinski definition) is 0. The van der Waals surface area contributed by atoms with Crippen LogP contribution < -0.4 is 4.74 Å². The van der Waals surface area contributed by atoms with E-state index < -0.39 is 8.32 Å². The van der Waals surface area contributed by atoms with E-state index in [9.17, 15) is 9.59 Å². The second-order valence-corrected chi connectivity index (χ2v) is 16.2. The highest BCUT2D eigenvalue weighted by atomic mass is 28.4. The van der Waals surface area contributed by atoms with Gasteiger partial charge in [-0.05, 0) is 46.6 Å². The minimum absolute atomic E-state index is 0.0575. The van der Waals surface area contributed by atoms with Gasteiger partial charge in [0.1, 0.15) is 24.4 Å². The first-order chi connectivity index (χ1) is 20.1. The molecule has 2 aromatic rings. The Morgan fingerprint density at radius 3 is 1.79 bits per heavy atom. The predicted molar refractivity (Wildman–Crippen MR) is 166 cm³/mol. The van der Waals surface area contributed by atoms with Crippen molar-refractivity contribution in [3.8, 4) is 5.75 Å². The summed E-state index contributed by atoms with van der Waals surface area (Å²) >= 11 is 0. The Balaban J connectivity index is 1.39. The minimum atomic E-state index is -1.70. The molecule has 0 aliphatic heterocycles. The third-order valence-electron chi connectivity index (χ3n) is 7.12. The second kappa shape index (κ2) is 19.9. The molecule has 0 saturated carbocycles. The molecule has 0 heterocycles. The van der Waals surface area contributed by atoms with Crippen molar-refractivity contribution in [3.05, 3.63) is 42.0 Å². The topological polar surface area (TPSA) is 98.8 Å². The van der Waals surface area contributed by atoms with E-state index in [1.54, 1.807) is 0 Å². The summed E-state index contributed by atoms with van der Waals surface area (Å²) in [7, 11) is -1.70. The Kier molecular flexibility index (Phi) is 17.1.